The van der Waals surface area contributed by atoms with Crippen molar-refractivity contribution in [2.45, 2.75) is 39.7 Å². The smallest absolute Gasteiger partial charge is 0.282 e. The van der Waals surface area contributed by atoms with E-state index in [4.69, 9.17) is 10.9 Å². The number of oxime groups is 1. The molecule has 0 bridgehead atoms. The van der Waals surface area contributed by atoms with Crippen LogP contribution in [0.2, 0.25) is 0 Å². The van der Waals surface area contributed by atoms with Crippen molar-refractivity contribution in [3.63, 3.8) is 0 Å². The fraction of sp³-hybridized carbons (Fsp3) is 0.909. The Morgan fingerprint density at radius 2 is 2.00 bits per heavy atom. The molecule has 0 aromatic rings. The molecule has 3 N–H and O–H groups in total. The lowest BCUT2D eigenvalue weighted by Gasteiger charge is -2.35. The lowest BCUT2D eigenvalue weighted by Crippen LogP contribution is -2.51. The standard InChI is InChI=1S/C11H24N4O3S/c1-9(2)15(8-11(12)13-16)19(17,18)14-6-4-10(3)5-7-14/h9-10,16H,4-8H2,1-3H3,(H2,12,13). The molecule has 0 unspecified atom stereocenters. The van der Waals surface area contributed by atoms with Crippen molar-refractivity contribution in [2.24, 2.45) is 16.8 Å². The molecule has 1 aliphatic rings. The summed E-state index contributed by atoms with van der Waals surface area (Å²) in [6.45, 7) is 6.64. The average molecular weight is 292 g/mol. The Bertz CT molecular complexity index is 414. The van der Waals surface area contributed by atoms with Gasteiger partial charge in [-0.2, -0.15) is 17.0 Å². The zero-order valence-corrected chi connectivity index (χ0v) is 12.6. The van der Waals surface area contributed by atoms with E-state index in [0.717, 1.165) is 12.8 Å². The van der Waals surface area contributed by atoms with Crippen molar-refractivity contribution in [3.05, 3.63) is 0 Å². The summed E-state index contributed by atoms with van der Waals surface area (Å²) >= 11 is 0. The van der Waals surface area contributed by atoms with E-state index in [9.17, 15) is 8.42 Å². The van der Waals surface area contributed by atoms with Gasteiger partial charge in [0.25, 0.3) is 10.2 Å². The number of rotatable bonds is 5. The summed E-state index contributed by atoms with van der Waals surface area (Å²) in [4.78, 5) is 0. The normalized spacial score (nSPS) is 20.4. The number of piperidine rings is 1. The fourth-order valence-electron chi connectivity index (χ4n) is 2.09. The van der Waals surface area contributed by atoms with Gasteiger partial charge < -0.3 is 10.9 Å². The highest BCUT2D eigenvalue weighted by Gasteiger charge is 2.34. The second-order valence-electron chi connectivity index (χ2n) is 5.32. The molecule has 19 heavy (non-hydrogen) atoms. The van der Waals surface area contributed by atoms with Crippen molar-refractivity contribution >= 4 is 16.0 Å². The van der Waals surface area contributed by atoms with Crippen LogP contribution in [0.15, 0.2) is 5.16 Å². The maximum Gasteiger partial charge on any atom is 0.282 e. The third-order valence-electron chi connectivity index (χ3n) is 3.39. The van der Waals surface area contributed by atoms with Crippen LogP contribution >= 0.6 is 0 Å². The SMILES string of the molecule is CC1CCN(S(=O)(=O)N(CC(N)=NO)C(C)C)CC1. The molecule has 0 amide bonds. The van der Waals surface area contributed by atoms with Crippen molar-refractivity contribution in [1.82, 2.24) is 8.61 Å². The molecule has 7 nitrogen and oxygen atoms in total. The van der Waals surface area contributed by atoms with E-state index in [-0.39, 0.29) is 18.4 Å². The Labute approximate surface area is 115 Å². The molecule has 1 aliphatic heterocycles. The van der Waals surface area contributed by atoms with Crippen LogP contribution in [0.5, 0.6) is 0 Å². The minimum atomic E-state index is -3.56. The fourth-order valence-corrected chi connectivity index (χ4v) is 3.88. The van der Waals surface area contributed by atoms with Gasteiger partial charge >= 0.3 is 0 Å². The van der Waals surface area contributed by atoms with Crippen molar-refractivity contribution < 1.29 is 13.6 Å². The summed E-state index contributed by atoms with van der Waals surface area (Å²) in [5.74, 6) is 0.450. The first kappa shape index (κ1) is 16.2. The second kappa shape index (κ2) is 6.53. The molecule has 1 saturated heterocycles. The number of nitrogens with two attached hydrogens (primary N) is 1. The monoisotopic (exact) mass is 292 g/mol. The Balaban J connectivity index is 2.87. The van der Waals surface area contributed by atoms with E-state index in [2.05, 4.69) is 12.1 Å². The van der Waals surface area contributed by atoms with Gasteiger partial charge in [0, 0.05) is 19.1 Å². The minimum absolute atomic E-state index is 0.0947. The van der Waals surface area contributed by atoms with Gasteiger partial charge in [0.15, 0.2) is 5.84 Å². The highest BCUT2D eigenvalue weighted by molar-refractivity contribution is 7.86. The lowest BCUT2D eigenvalue weighted by molar-refractivity contribution is 0.258. The summed E-state index contributed by atoms with van der Waals surface area (Å²) in [6.07, 6.45) is 1.74. The predicted octanol–water partition coefficient (Wildman–Crippen LogP) is 0.420. The van der Waals surface area contributed by atoms with Crippen molar-refractivity contribution in [2.75, 3.05) is 19.6 Å². The lowest BCUT2D eigenvalue weighted by atomic mass is 10.0. The van der Waals surface area contributed by atoms with E-state index < -0.39 is 10.2 Å². The Morgan fingerprint density at radius 1 is 1.47 bits per heavy atom. The maximum atomic E-state index is 12.5. The molecule has 0 spiro atoms. The molecule has 1 heterocycles. The van der Waals surface area contributed by atoms with Crippen LogP contribution in [-0.4, -0.2) is 53.7 Å². The molecule has 1 rings (SSSR count). The Kier molecular flexibility index (Phi) is 5.57. The van der Waals surface area contributed by atoms with E-state index >= 15 is 0 Å². The van der Waals surface area contributed by atoms with Gasteiger partial charge in [-0.15, -0.1) is 0 Å². The van der Waals surface area contributed by atoms with E-state index in [1.165, 1.54) is 8.61 Å². The van der Waals surface area contributed by atoms with Crippen LogP contribution < -0.4 is 5.73 Å². The van der Waals surface area contributed by atoms with Crippen LogP contribution in [0.4, 0.5) is 0 Å². The van der Waals surface area contributed by atoms with Gasteiger partial charge in [0.05, 0.1) is 6.54 Å². The van der Waals surface area contributed by atoms with Crippen molar-refractivity contribution in [3.8, 4) is 0 Å². The molecular weight excluding hydrogens is 268 g/mol. The predicted molar refractivity (Wildman–Crippen MR) is 74.1 cm³/mol. The van der Waals surface area contributed by atoms with Crippen molar-refractivity contribution in [1.29, 1.82) is 0 Å². The molecule has 8 heteroatoms. The molecule has 0 aromatic carbocycles. The molecule has 1 fully saturated rings. The van der Waals surface area contributed by atoms with Gasteiger partial charge in [-0.1, -0.05) is 12.1 Å². The highest BCUT2D eigenvalue weighted by Crippen LogP contribution is 2.21. The summed E-state index contributed by atoms with van der Waals surface area (Å²) in [6, 6.07) is -0.246. The van der Waals surface area contributed by atoms with Crippen LogP contribution in [-0.2, 0) is 10.2 Å². The molecule has 0 aromatic heterocycles. The molecule has 0 saturated carbocycles. The molecule has 0 atom stereocenters. The average Bonchev–Trinajstić information content (AvgIpc) is 2.35. The largest absolute Gasteiger partial charge is 0.409 e. The van der Waals surface area contributed by atoms with Gasteiger partial charge in [0.2, 0.25) is 0 Å². The van der Waals surface area contributed by atoms with Crippen LogP contribution in [0.1, 0.15) is 33.6 Å². The van der Waals surface area contributed by atoms with E-state index in [0.29, 0.717) is 19.0 Å². The zero-order valence-electron chi connectivity index (χ0n) is 11.8. The third kappa shape index (κ3) is 4.05. The van der Waals surface area contributed by atoms with E-state index in [1.807, 2.05) is 0 Å². The highest BCUT2D eigenvalue weighted by atomic mass is 32.2. The first-order chi connectivity index (χ1) is 8.78. The first-order valence-corrected chi connectivity index (χ1v) is 7.92. The molecule has 0 aliphatic carbocycles. The first-order valence-electron chi connectivity index (χ1n) is 6.52. The molecule has 112 valence electrons. The van der Waals surface area contributed by atoms with E-state index in [1.54, 1.807) is 13.8 Å². The quantitative estimate of drug-likeness (QED) is 0.332. The number of amidine groups is 1. The number of hydrogen-bond acceptors (Lipinski definition) is 4. The van der Waals surface area contributed by atoms with Crippen LogP contribution in [0.25, 0.3) is 0 Å². The number of hydrogen-bond donors (Lipinski definition) is 2. The summed E-state index contributed by atoms with van der Waals surface area (Å²) in [7, 11) is -3.56. The summed E-state index contributed by atoms with van der Waals surface area (Å²) < 4.78 is 27.8. The van der Waals surface area contributed by atoms with Gasteiger partial charge in [-0.3, -0.25) is 0 Å². The molecule has 0 radical (unpaired) electrons. The third-order valence-corrected chi connectivity index (χ3v) is 5.55. The van der Waals surface area contributed by atoms with Crippen LogP contribution in [0.3, 0.4) is 0 Å². The summed E-state index contributed by atoms with van der Waals surface area (Å²) in [5, 5.41) is 11.5. The van der Waals surface area contributed by atoms with Gasteiger partial charge in [0.1, 0.15) is 0 Å². The van der Waals surface area contributed by atoms with Gasteiger partial charge in [-0.05, 0) is 32.6 Å². The Morgan fingerprint density at radius 3 is 2.42 bits per heavy atom. The zero-order chi connectivity index (χ0) is 14.6. The van der Waals surface area contributed by atoms with Crippen LogP contribution in [0, 0.1) is 5.92 Å². The minimum Gasteiger partial charge on any atom is -0.409 e. The summed E-state index contributed by atoms with van der Waals surface area (Å²) in [5.41, 5.74) is 5.44. The number of nitrogens with zero attached hydrogens (tertiary/aromatic N) is 3. The Hall–Kier alpha value is -0.860. The second-order valence-corrected chi connectivity index (χ2v) is 7.20. The maximum absolute atomic E-state index is 12.5. The topological polar surface area (TPSA) is 99.2 Å². The molecular formula is C11H24N4O3S. The van der Waals surface area contributed by atoms with Gasteiger partial charge in [-0.25, -0.2) is 0 Å².